The molecule has 0 N–H and O–H groups in total. The van der Waals surface area contributed by atoms with Crippen LogP contribution in [0.25, 0.3) is 0 Å². The van der Waals surface area contributed by atoms with E-state index in [0.717, 1.165) is 13.2 Å². The van der Waals surface area contributed by atoms with Gasteiger partial charge >= 0.3 is 0 Å². The topological polar surface area (TPSA) is 9.23 Å². The van der Waals surface area contributed by atoms with E-state index >= 15 is 0 Å². The lowest BCUT2D eigenvalue weighted by Crippen LogP contribution is -1.94. The van der Waals surface area contributed by atoms with E-state index in [1.54, 1.807) is 0 Å². The predicted octanol–water partition coefficient (Wildman–Crippen LogP) is 2.11. The second-order valence-electron chi connectivity index (χ2n) is 1.88. The number of rotatable bonds is 1. The van der Waals surface area contributed by atoms with E-state index < -0.39 is 23.2 Å². The molecule has 0 unspecified atom stereocenters. The van der Waals surface area contributed by atoms with Crippen molar-refractivity contribution in [3.63, 3.8) is 0 Å². The Morgan fingerprint density at radius 2 is 1.64 bits per heavy atom. The molecule has 60 valence electrons. The molecule has 0 heterocycles. The Morgan fingerprint density at radius 3 is 2.09 bits per heavy atom. The van der Waals surface area contributed by atoms with Crippen molar-refractivity contribution in [3.8, 4) is 5.75 Å². The van der Waals surface area contributed by atoms with Crippen molar-refractivity contribution in [3.05, 3.63) is 29.6 Å². The van der Waals surface area contributed by atoms with Crippen LogP contribution in [0, 0.1) is 17.5 Å². The van der Waals surface area contributed by atoms with E-state index in [1.165, 1.54) is 0 Å². The number of hydrogen-bond donors (Lipinski definition) is 0. The Kier molecular flexibility index (Phi) is 2.03. The van der Waals surface area contributed by atoms with Crippen LogP contribution >= 0.6 is 0 Å². The van der Waals surface area contributed by atoms with Gasteiger partial charge in [-0.05, 0) is 12.1 Å². The maximum absolute atomic E-state index is 12.5. The highest BCUT2D eigenvalue weighted by Crippen LogP contribution is 2.22. The third-order valence-corrected chi connectivity index (χ3v) is 1.21. The van der Waals surface area contributed by atoms with Gasteiger partial charge in [-0.1, -0.05) is 0 Å². The Balaban J connectivity index is 3.29. The van der Waals surface area contributed by atoms with E-state index in [1.807, 2.05) is 0 Å². The summed E-state index contributed by atoms with van der Waals surface area (Å²) in [7, 11) is 1.07. The zero-order valence-electron chi connectivity index (χ0n) is 5.70. The molecular weight excluding hydrogens is 157 g/mol. The summed E-state index contributed by atoms with van der Waals surface area (Å²) >= 11 is 0. The van der Waals surface area contributed by atoms with Crippen molar-refractivity contribution in [2.24, 2.45) is 0 Å². The normalized spacial score (nSPS) is 9.82. The summed E-state index contributed by atoms with van der Waals surface area (Å²) in [5.41, 5.74) is 0. The lowest BCUT2D eigenvalue weighted by molar-refractivity contribution is 0.347. The quantitative estimate of drug-likeness (QED) is 0.574. The van der Waals surface area contributed by atoms with Gasteiger partial charge in [0.05, 0.1) is 7.11 Å². The first-order valence-electron chi connectivity index (χ1n) is 2.84. The van der Waals surface area contributed by atoms with Crippen LogP contribution in [-0.2, 0) is 0 Å². The van der Waals surface area contributed by atoms with Crippen molar-refractivity contribution in [1.82, 2.24) is 0 Å². The van der Waals surface area contributed by atoms with Gasteiger partial charge in [0.2, 0.25) is 5.82 Å². The molecule has 4 heteroatoms. The summed E-state index contributed by atoms with van der Waals surface area (Å²) in [5, 5.41) is 0. The van der Waals surface area contributed by atoms with Crippen LogP contribution in [0.4, 0.5) is 13.2 Å². The van der Waals surface area contributed by atoms with Crippen molar-refractivity contribution in [1.29, 1.82) is 0 Å². The highest BCUT2D eigenvalue weighted by molar-refractivity contribution is 5.26. The van der Waals surface area contributed by atoms with Crippen LogP contribution in [0.5, 0.6) is 5.75 Å². The summed E-state index contributed by atoms with van der Waals surface area (Å²) in [6, 6.07) is 1.50. The Labute approximate surface area is 61.4 Å². The van der Waals surface area contributed by atoms with E-state index in [2.05, 4.69) is 4.74 Å². The minimum absolute atomic E-state index is 0.690. The number of hydrogen-bond acceptors (Lipinski definition) is 1. The second kappa shape index (κ2) is 2.82. The van der Waals surface area contributed by atoms with Crippen LogP contribution in [-0.4, -0.2) is 7.11 Å². The Morgan fingerprint density at radius 1 is 1.09 bits per heavy atom. The molecule has 0 aromatic heterocycles. The van der Waals surface area contributed by atoms with Gasteiger partial charge in [0, 0.05) is 0 Å². The highest BCUT2D eigenvalue weighted by Gasteiger charge is 2.13. The van der Waals surface area contributed by atoms with E-state index in [0.29, 0.717) is 6.07 Å². The van der Waals surface area contributed by atoms with E-state index in [4.69, 9.17) is 0 Å². The molecule has 0 amide bonds. The molecule has 0 aliphatic carbocycles. The molecule has 0 spiro atoms. The molecule has 0 saturated heterocycles. The minimum atomic E-state index is -1.30. The largest absolute Gasteiger partial charge is 0.491 e. The summed E-state index contributed by atoms with van der Waals surface area (Å²) < 4.78 is 41.6. The van der Waals surface area contributed by atoms with Gasteiger partial charge in [0.1, 0.15) is 0 Å². The Bertz CT molecular complexity index is 273. The Hall–Kier alpha value is -1.19. The average Bonchev–Trinajstić information content (AvgIpc) is 1.99. The molecule has 1 aromatic carbocycles. The average molecular weight is 162 g/mol. The monoisotopic (exact) mass is 162 g/mol. The van der Waals surface area contributed by atoms with Gasteiger partial charge < -0.3 is 4.74 Å². The van der Waals surface area contributed by atoms with Crippen molar-refractivity contribution in [2.75, 3.05) is 7.11 Å². The van der Waals surface area contributed by atoms with Crippen molar-refractivity contribution < 1.29 is 17.9 Å². The predicted molar refractivity (Wildman–Crippen MR) is 32.9 cm³/mol. The van der Waals surface area contributed by atoms with Crippen LogP contribution in [0.15, 0.2) is 12.1 Å². The lowest BCUT2D eigenvalue weighted by atomic mass is 10.3. The molecule has 0 radical (unpaired) electrons. The van der Waals surface area contributed by atoms with Gasteiger partial charge in [-0.15, -0.1) is 0 Å². The van der Waals surface area contributed by atoms with Crippen molar-refractivity contribution in [2.45, 2.75) is 0 Å². The van der Waals surface area contributed by atoms with Gasteiger partial charge in [0.25, 0.3) is 0 Å². The van der Waals surface area contributed by atoms with Crippen LogP contribution in [0.2, 0.25) is 0 Å². The summed E-state index contributed by atoms with van der Waals surface area (Å²) in [5.74, 6) is -4.02. The van der Waals surface area contributed by atoms with Gasteiger partial charge in [-0.3, -0.25) is 0 Å². The summed E-state index contributed by atoms with van der Waals surface area (Å²) in [4.78, 5) is 0. The molecule has 1 nitrogen and oxygen atoms in total. The maximum atomic E-state index is 12.5. The van der Waals surface area contributed by atoms with Gasteiger partial charge in [-0.25, -0.2) is 8.78 Å². The lowest BCUT2D eigenvalue weighted by Gasteiger charge is -2.02. The first-order chi connectivity index (χ1) is 5.16. The third kappa shape index (κ3) is 1.29. The van der Waals surface area contributed by atoms with Crippen LogP contribution in [0.1, 0.15) is 0 Å². The second-order valence-corrected chi connectivity index (χ2v) is 1.88. The molecule has 0 fully saturated rings. The number of ether oxygens (including phenoxy) is 1. The van der Waals surface area contributed by atoms with Crippen LogP contribution < -0.4 is 4.74 Å². The molecule has 1 rings (SSSR count). The van der Waals surface area contributed by atoms with Crippen molar-refractivity contribution >= 4 is 0 Å². The highest BCUT2D eigenvalue weighted by atomic mass is 19.2. The molecular formula is C7H5F3O. The minimum Gasteiger partial charge on any atom is -0.491 e. The standard InChI is InChI=1S/C7H5F3O/c1-11-7-5(9)3-2-4(8)6(7)10/h2-3H,1H3. The van der Waals surface area contributed by atoms with E-state index in [9.17, 15) is 13.2 Å². The van der Waals surface area contributed by atoms with Gasteiger partial charge in [0.15, 0.2) is 17.4 Å². The zero-order valence-corrected chi connectivity index (χ0v) is 5.70. The molecule has 0 atom stereocenters. The van der Waals surface area contributed by atoms with E-state index in [-0.39, 0.29) is 0 Å². The fourth-order valence-electron chi connectivity index (χ4n) is 0.696. The first-order valence-corrected chi connectivity index (χ1v) is 2.84. The van der Waals surface area contributed by atoms with Crippen LogP contribution in [0.3, 0.4) is 0 Å². The molecule has 0 bridgehead atoms. The number of benzene rings is 1. The fraction of sp³-hybridized carbons (Fsp3) is 0.143. The number of halogens is 3. The zero-order chi connectivity index (χ0) is 8.43. The van der Waals surface area contributed by atoms with Gasteiger partial charge in [-0.2, -0.15) is 4.39 Å². The summed E-state index contributed by atoms with van der Waals surface area (Å²) in [6.07, 6.45) is 0. The molecule has 0 saturated carbocycles. The third-order valence-electron chi connectivity index (χ3n) is 1.21. The molecule has 0 aliphatic rings. The molecule has 0 aliphatic heterocycles. The SMILES string of the molecule is COc1c(F)ccc(F)c1F. The fourth-order valence-corrected chi connectivity index (χ4v) is 0.696. The smallest absolute Gasteiger partial charge is 0.203 e. The first kappa shape index (κ1) is 7.91. The molecule has 1 aromatic rings. The maximum Gasteiger partial charge on any atom is 0.203 e. The molecule has 11 heavy (non-hydrogen) atoms. The number of methoxy groups -OCH3 is 1. The summed E-state index contributed by atoms with van der Waals surface area (Å²) in [6.45, 7) is 0.